The first-order chi connectivity index (χ1) is 19.2. The molecule has 0 heterocycles. The Balaban J connectivity index is 1.71. The average Bonchev–Trinajstić information content (AvgIpc) is 3.46. The highest BCUT2D eigenvalue weighted by Gasteiger charge is 2.34. The molecule has 0 unspecified atom stereocenters. The van der Waals surface area contributed by atoms with Crippen LogP contribution in [0.2, 0.25) is 5.02 Å². The van der Waals surface area contributed by atoms with Gasteiger partial charge >= 0.3 is 0 Å². The first kappa shape index (κ1) is 29.6. The van der Waals surface area contributed by atoms with Gasteiger partial charge in [0.1, 0.15) is 12.6 Å². The van der Waals surface area contributed by atoms with Crippen molar-refractivity contribution < 1.29 is 18.0 Å². The first-order valence-corrected chi connectivity index (χ1v) is 15.5. The molecule has 0 bridgehead atoms. The first-order valence-electron chi connectivity index (χ1n) is 13.7. The predicted molar refractivity (Wildman–Crippen MR) is 159 cm³/mol. The van der Waals surface area contributed by atoms with Crippen molar-refractivity contribution in [2.45, 2.75) is 69.5 Å². The quantitative estimate of drug-likeness (QED) is 0.314. The summed E-state index contributed by atoms with van der Waals surface area (Å²) in [5.41, 5.74) is 1.91. The number of benzene rings is 3. The number of rotatable bonds is 11. The summed E-state index contributed by atoms with van der Waals surface area (Å²) >= 11 is 6.46. The number of amides is 2. The summed E-state index contributed by atoms with van der Waals surface area (Å²) in [7, 11) is -4.09. The van der Waals surface area contributed by atoms with Crippen LogP contribution in [0.4, 0.5) is 5.69 Å². The fourth-order valence-electron chi connectivity index (χ4n) is 5.13. The predicted octanol–water partition coefficient (Wildman–Crippen LogP) is 5.71. The SMILES string of the molecule is CC[C@H](C(=O)NC1CCCC1)N(Cc1ccccc1Cl)C(=O)CN(c1cccc(C)c1)S(=O)(=O)c1ccccc1. The molecule has 9 heteroatoms. The van der Waals surface area contributed by atoms with E-state index in [0.717, 1.165) is 35.6 Å². The van der Waals surface area contributed by atoms with Crippen LogP contribution in [0.5, 0.6) is 0 Å². The highest BCUT2D eigenvalue weighted by Crippen LogP contribution is 2.27. The molecular formula is C31H36ClN3O4S. The molecular weight excluding hydrogens is 546 g/mol. The second-order valence-electron chi connectivity index (χ2n) is 10.2. The number of hydrogen-bond donors (Lipinski definition) is 1. The number of nitrogens with one attached hydrogen (secondary N) is 1. The Morgan fingerprint density at radius 1 is 0.975 bits per heavy atom. The van der Waals surface area contributed by atoms with Crippen LogP contribution in [-0.4, -0.2) is 43.8 Å². The van der Waals surface area contributed by atoms with Gasteiger partial charge in [-0.15, -0.1) is 0 Å². The van der Waals surface area contributed by atoms with Gasteiger partial charge in [-0.05, 0) is 67.6 Å². The van der Waals surface area contributed by atoms with Crippen LogP contribution in [0.15, 0.2) is 83.8 Å². The summed E-state index contributed by atoms with van der Waals surface area (Å²) in [6.07, 6.45) is 4.32. The van der Waals surface area contributed by atoms with Gasteiger partial charge < -0.3 is 10.2 Å². The van der Waals surface area contributed by atoms with Crippen LogP contribution in [0.3, 0.4) is 0 Å². The summed E-state index contributed by atoms with van der Waals surface area (Å²) < 4.78 is 28.9. The van der Waals surface area contributed by atoms with Gasteiger partial charge in [0, 0.05) is 17.6 Å². The van der Waals surface area contributed by atoms with Crippen molar-refractivity contribution in [1.82, 2.24) is 10.2 Å². The highest BCUT2D eigenvalue weighted by molar-refractivity contribution is 7.92. The number of nitrogens with zero attached hydrogens (tertiary/aromatic N) is 2. The summed E-state index contributed by atoms with van der Waals surface area (Å²) in [5, 5.41) is 3.59. The van der Waals surface area contributed by atoms with Gasteiger partial charge in [0.15, 0.2) is 0 Å². The molecule has 0 saturated heterocycles. The molecule has 0 aliphatic heterocycles. The van der Waals surface area contributed by atoms with Gasteiger partial charge in [-0.3, -0.25) is 13.9 Å². The molecule has 1 aliphatic rings. The molecule has 0 spiro atoms. The molecule has 212 valence electrons. The van der Waals surface area contributed by atoms with Gasteiger partial charge in [-0.1, -0.05) is 79.9 Å². The standard InChI is InChI=1S/C31H36ClN3O4S/c1-3-29(31(37)33-25-14-8-9-15-25)34(21-24-13-7-10-19-28(24)32)30(36)22-35(26-16-11-12-23(2)20-26)40(38,39)27-17-5-4-6-18-27/h4-7,10-13,16-20,25,29H,3,8-9,14-15,21-22H2,1-2H3,(H,33,37)/t29-/m1/s1. The molecule has 1 atom stereocenters. The van der Waals surface area contributed by atoms with E-state index >= 15 is 0 Å². The van der Waals surface area contributed by atoms with E-state index in [0.29, 0.717) is 22.7 Å². The third kappa shape index (κ3) is 7.04. The Morgan fingerprint density at radius 3 is 2.30 bits per heavy atom. The maximum atomic E-state index is 14.1. The summed E-state index contributed by atoms with van der Waals surface area (Å²) in [5.74, 6) is -0.725. The number of hydrogen-bond acceptors (Lipinski definition) is 4. The molecule has 1 N–H and O–H groups in total. The van der Waals surface area contributed by atoms with Crippen molar-refractivity contribution in [1.29, 1.82) is 0 Å². The minimum Gasteiger partial charge on any atom is -0.352 e. The summed E-state index contributed by atoms with van der Waals surface area (Å²) in [6, 6.07) is 21.5. The normalized spacial score (nSPS) is 14.5. The largest absolute Gasteiger partial charge is 0.352 e. The van der Waals surface area contributed by atoms with Crippen molar-refractivity contribution in [3.8, 4) is 0 Å². The van der Waals surface area contributed by atoms with E-state index < -0.39 is 28.5 Å². The Bertz CT molecular complexity index is 1430. The smallest absolute Gasteiger partial charge is 0.264 e. The Kier molecular flexibility index (Phi) is 9.87. The number of aryl methyl sites for hydroxylation is 1. The number of anilines is 1. The van der Waals surface area contributed by atoms with Crippen molar-refractivity contribution in [3.05, 3.63) is 95.0 Å². The number of halogens is 1. The molecule has 4 rings (SSSR count). The minimum atomic E-state index is -4.09. The van der Waals surface area contributed by atoms with Crippen LogP contribution in [0, 0.1) is 6.92 Å². The van der Waals surface area contributed by atoms with Crippen LogP contribution in [0.25, 0.3) is 0 Å². The van der Waals surface area contributed by atoms with Crippen LogP contribution < -0.4 is 9.62 Å². The second kappa shape index (κ2) is 13.3. The Hall–Kier alpha value is -3.36. The fourth-order valence-corrected chi connectivity index (χ4v) is 6.75. The monoisotopic (exact) mass is 581 g/mol. The zero-order valence-corrected chi connectivity index (χ0v) is 24.5. The van der Waals surface area contributed by atoms with Crippen LogP contribution in [0.1, 0.15) is 50.2 Å². The molecule has 1 aliphatic carbocycles. The van der Waals surface area contributed by atoms with E-state index in [-0.39, 0.29) is 23.4 Å². The van der Waals surface area contributed by atoms with Gasteiger partial charge in [0.2, 0.25) is 11.8 Å². The van der Waals surface area contributed by atoms with Gasteiger partial charge in [0.05, 0.1) is 10.6 Å². The van der Waals surface area contributed by atoms with Gasteiger partial charge in [-0.25, -0.2) is 8.42 Å². The molecule has 7 nitrogen and oxygen atoms in total. The zero-order valence-electron chi connectivity index (χ0n) is 22.9. The molecule has 40 heavy (non-hydrogen) atoms. The third-order valence-corrected chi connectivity index (χ3v) is 9.44. The molecule has 2 amide bonds. The Morgan fingerprint density at radius 2 is 1.65 bits per heavy atom. The lowest BCUT2D eigenvalue weighted by molar-refractivity contribution is -0.140. The van der Waals surface area contributed by atoms with Gasteiger partial charge in [0.25, 0.3) is 10.0 Å². The van der Waals surface area contributed by atoms with Crippen molar-refractivity contribution in [2.24, 2.45) is 0 Å². The van der Waals surface area contributed by atoms with E-state index in [1.54, 1.807) is 48.5 Å². The molecule has 0 aromatic heterocycles. The van der Waals surface area contributed by atoms with E-state index in [9.17, 15) is 18.0 Å². The van der Waals surface area contributed by atoms with Crippen molar-refractivity contribution in [2.75, 3.05) is 10.8 Å². The Labute approximate surface area is 242 Å². The second-order valence-corrected chi connectivity index (χ2v) is 12.5. The summed E-state index contributed by atoms with van der Waals surface area (Å²) in [6.45, 7) is 3.31. The number of sulfonamides is 1. The lowest BCUT2D eigenvalue weighted by atomic mass is 10.1. The fraction of sp³-hybridized carbons (Fsp3) is 0.355. The molecule has 1 saturated carbocycles. The van der Waals surface area contributed by atoms with E-state index in [2.05, 4.69) is 5.32 Å². The number of carbonyl (C=O) groups is 2. The molecule has 3 aromatic rings. The number of carbonyl (C=O) groups excluding carboxylic acids is 2. The van der Waals surface area contributed by atoms with E-state index in [1.165, 1.54) is 17.0 Å². The molecule has 3 aromatic carbocycles. The minimum absolute atomic E-state index is 0.0716. The highest BCUT2D eigenvalue weighted by atomic mass is 35.5. The molecule has 1 fully saturated rings. The average molecular weight is 582 g/mol. The van der Waals surface area contributed by atoms with Crippen LogP contribution >= 0.6 is 11.6 Å². The third-order valence-electron chi connectivity index (χ3n) is 7.29. The lowest BCUT2D eigenvalue weighted by Gasteiger charge is -2.34. The zero-order chi connectivity index (χ0) is 28.7. The van der Waals surface area contributed by atoms with Gasteiger partial charge in [-0.2, -0.15) is 0 Å². The maximum absolute atomic E-state index is 14.1. The van der Waals surface area contributed by atoms with E-state index in [4.69, 9.17) is 11.6 Å². The topological polar surface area (TPSA) is 86.8 Å². The lowest BCUT2D eigenvalue weighted by Crippen LogP contribution is -2.53. The summed E-state index contributed by atoms with van der Waals surface area (Å²) in [4.78, 5) is 29.2. The van der Waals surface area contributed by atoms with Crippen molar-refractivity contribution >= 4 is 39.1 Å². The van der Waals surface area contributed by atoms with Crippen LogP contribution in [-0.2, 0) is 26.2 Å². The van der Waals surface area contributed by atoms with Crippen molar-refractivity contribution in [3.63, 3.8) is 0 Å². The molecule has 0 radical (unpaired) electrons. The van der Waals surface area contributed by atoms with E-state index in [1.807, 2.05) is 32.0 Å². The maximum Gasteiger partial charge on any atom is 0.264 e.